The topological polar surface area (TPSA) is 38.3 Å². The molecule has 0 aliphatic rings. The van der Waals surface area contributed by atoms with Crippen LogP contribution in [0.15, 0.2) is 36.4 Å². The summed E-state index contributed by atoms with van der Waals surface area (Å²) in [6.45, 7) is 0. The lowest BCUT2D eigenvalue weighted by Gasteiger charge is -2.13. The third-order valence-corrected chi connectivity index (χ3v) is 3.51. The van der Waals surface area contributed by atoms with Crippen LogP contribution in [-0.2, 0) is 6.18 Å². The lowest BCUT2D eigenvalue weighted by atomic mass is 10.1. The van der Waals surface area contributed by atoms with Crippen LogP contribution in [0.3, 0.4) is 0 Å². The van der Waals surface area contributed by atoms with E-state index in [1.54, 1.807) is 0 Å². The number of nitrogens with one attached hydrogen (secondary N) is 1. The zero-order valence-corrected chi connectivity index (χ0v) is 13.2. The van der Waals surface area contributed by atoms with Gasteiger partial charge in [0.15, 0.2) is 0 Å². The van der Waals surface area contributed by atoms with E-state index in [0.717, 1.165) is 18.2 Å². The maximum atomic E-state index is 12.7. The molecular weight excluding hydrogens is 354 g/mol. The van der Waals surface area contributed by atoms with Gasteiger partial charge in [-0.15, -0.1) is 0 Å². The Morgan fingerprint density at radius 1 is 1.13 bits per heavy atom. The number of ether oxygens (including phenoxy) is 1. The van der Waals surface area contributed by atoms with E-state index in [2.05, 4.69) is 5.32 Å². The van der Waals surface area contributed by atoms with Gasteiger partial charge in [-0.05, 0) is 36.4 Å². The van der Waals surface area contributed by atoms with Gasteiger partial charge in [0.2, 0.25) is 0 Å². The van der Waals surface area contributed by atoms with Gasteiger partial charge in [-0.1, -0.05) is 23.2 Å². The van der Waals surface area contributed by atoms with Crippen molar-refractivity contribution in [2.75, 3.05) is 12.4 Å². The molecule has 0 aliphatic heterocycles. The Balaban J connectivity index is 2.36. The molecule has 0 aromatic heterocycles. The molecule has 1 amide bonds. The van der Waals surface area contributed by atoms with Crippen molar-refractivity contribution in [3.05, 3.63) is 57.6 Å². The van der Waals surface area contributed by atoms with Crippen LogP contribution < -0.4 is 10.1 Å². The van der Waals surface area contributed by atoms with Crippen LogP contribution in [-0.4, -0.2) is 13.0 Å². The summed E-state index contributed by atoms with van der Waals surface area (Å²) in [7, 11) is 1.36. The molecule has 2 aromatic carbocycles. The summed E-state index contributed by atoms with van der Waals surface area (Å²) in [4.78, 5) is 12.3. The first-order valence-corrected chi connectivity index (χ1v) is 6.99. The predicted molar refractivity (Wildman–Crippen MR) is 82.4 cm³/mol. The van der Waals surface area contributed by atoms with Gasteiger partial charge in [0.25, 0.3) is 5.91 Å². The predicted octanol–water partition coefficient (Wildman–Crippen LogP) is 5.27. The first kappa shape index (κ1) is 17.4. The summed E-state index contributed by atoms with van der Waals surface area (Å²) in [5.41, 5.74) is -1.00. The van der Waals surface area contributed by atoms with Crippen molar-refractivity contribution in [3.8, 4) is 5.75 Å². The number of hydrogen-bond donors (Lipinski definition) is 1. The number of amides is 1. The fourth-order valence-electron chi connectivity index (χ4n) is 1.84. The number of alkyl halides is 3. The molecule has 0 atom stereocenters. The number of benzene rings is 2. The molecule has 2 rings (SSSR count). The van der Waals surface area contributed by atoms with Crippen LogP contribution in [0.25, 0.3) is 0 Å². The molecule has 0 fully saturated rings. The normalized spacial score (nSPS) is 11.2. The molecule has 0 bridgehead atoms. The summed E-state index contributed by atoms with van der Waals surface area (Å²) < 4.78 is 43.2. The van der Waals surface area contributed by atoms with E-state index < -0.39 is 17.6 Å². The Morgan fingerprint density at radius 3 is 2.43 bits per heavy atom. The molecule has 0 saturated heterocycles. The van der Waals surface area contributed by atoms with Crippen molar-refractivity contribution in [1.29, 1.82) is 0 Å². The van der Waals surface area contributed by atoms with E-state index in [9.17, 15) is 18.0 Å². The van der Waals surface area contributed by atoms with Crippen molar-refractivity contribution in [2.24, 2.45) is 0 Å². The van der Waals surface area contributed by atoms with E-state index >= 15 is 0 Å². The second-order valence-electron chi connectivity index (χ2n) is 4.49. The van der Waals surface area contributed by atoms with E-state index in [1.165, 1.54) is 25.3 Å². The largest absolute Gasteiger partial charge is 0.496 e. The quantitative estimate of drug-likeness (QED) is 0.806. The van der Waals surface area contributed by atoms with Crippen LogP contribution in [0.1, 0.15) is 15.9 Å². The van der Waals surface area contributed by atoms with Crippen molar-refractivity contribution in [2.45, 2.75) is 6.18 Å². The van der Waals surface area contributed by atoms with E-state index in [4.69, 9.17) is 27.9 Å². The van der Waals surface area contributed by atoms with Gasteiger partial charge < -0.3 is 10.1 Å². The molecule has 0 saturated carbocycles. The van der Waals surface area contributed by atoms with Gasteiger partial charge in [0.1, 0.15) is 5.75 Å². The first-order valence-electron chi connectivity index (χ1n) is 6.24. The van der Waals surface area contributed by atoms with Crippen LogP contribution in [0.5, 0.6) is 5.75 Å². The summed E-state index contributed by atoms with van der Waals surface area (Å²) in [5.74, 6) is -0.458. The third-order valence-electron chi connectivity index (χ3n) is 2.95. The highest BCUT2D eigenvalue weighted by Gasteiger charge is 2.31. The molecule has 122 valence electrons. The van der Waals surface area contributed by atoms with Gasteiger partial charge in [-0.25, -0.2) is 0 Å². The smallest absolute Gasteiger partial charge is 0.416 e. The van der Waals surface area contributed by atoms with Crippen molar-refractivity contribution < 1.29 is 22.7 Å². The van der Waals surface area contributed by atoms with Crippen LogP contribution in [0.2, 0.25) is 10.0 Å². The van der Waals surface area contributed by atoms with Gasteiger partial charge in [-0.3, -0.25) is 4.79 Å². The highest BCUT2D eigenvalue weighted by atomic mass is 35.5. The molecule has 2 aromatic rings. The average Bonchev–Trinajstić information content (AvgIpc) is 2.48. The molecule has 0 radical (unpaired) electrons. The monoisotopic (exact) mass is 363 g/mol. The average molecular weight is 364 g/mol. The van der Waals surface area contributed by atoms with Gasteiger partial charge >= 0.3 is 6.18 Å². The third kappa shape index (κ3) is 4.09. The number of carbonyl (C=O) groups excluding carboxylic acids is 1. The molecule has 3 nitrogen and oxygen atoms in total. The minimum absolute atomic E-state index is 0.0210. The van der Waals surface area contributed by atoms with Crippen LogP contribution in [0, 0.1) is 0 Å². The lowest BCUT2D eigenvalue weighted by molar-refractivity contribution is -0.137. The Morgan fingerprint density at radius 2 is 1.83 bits per heavy atom. The highest BCUT2D eigenvalue weighted by molar-refractivity contribution is 6.34. The lowest BCUT2D eigenvalue weighted by Crippen LogP contribution is -2.14. The van der Waals surface area contributed by atoms with E-state index in [0.29, 0.717) is 0 Å². The number of rotatable bonds is 3. The number of halogens is 5. The molecule has 0 spiro atoms. The maximum Gasteiger partial charge on any atom is 0.416 e. The minimum Gasteiger partial charge on any atom is -0.496 e. The zero-order chi connectivity index (χ0) is 17.2. The summed E-state index contributed by atoms with van der Waals surface area (Å²) in [5, 5.41) is 2.59. The van der Waals surface area contributed by atoms with E-state index in [1.807, 2.05) is 0 Å². The highest BCUT2D eigenvalue weighted by Crippen LogP contribution is 2.34. The van der Waals surface area contributed by atoms with Crippen molar-refractivity contribution >= 4 is 34.8 Å². The molecule has 0 unspecified atom stereocenters. The van der Waals surface area contributed by atoms with Gasteiger partial charge in [0.05, 0.1) is 28.9 Å². The molecule has 8 heteroatoms. The molecular formula is C15H10Cl2F3NO2. The first-order chi connectivity index (χ1) is 10.7. The maximum absolute atomic E-state index is 12.7. The fourth-order valence-corrected chi connectivity index (χ4v) is 2.18. The number of methoxy groups -OCH3 is 1. The minimum atomic E-state index is -4.54. The Labute approximate surface area is 140 Å². The number of carbonyl (C=O) groups is 1. The fraction of sp³-hybridized carbons (Fsp3) is 0.133. The molecule has 23 heavy (non-hydrogen) atoms. The second-order valence-corrected chi connectivity index (χ2v) is 5.33. The van der Waals surface area contributed by atoms with Gasteiger partial charge in [-0.2, -0.15) is 13.2 Å². The van der Waals surface area contributed by atoms with Crippen molar-refractivity contribution in [1.82, 2.24) is 0 Å². The summed E-state index contributed by atoms with van der Waals surface area (Å²) in [6.07, 6.45) is -4.54. The summed E-state index contributed by atoms with van der Waals surface area (Å²) >= 11 is 11.7. The van der Waals surface area contributed by atoms with Gasteiger partial charge in [0, 0.05) is 5.02 Å². The van der Waals surface area contributed by atoms with Crippen LogP contribution in [0.4, 0.5) is 18.9 Å². The molecule has 0 heterocycles. The SMILES string of the molecule is COc1ccc(Cl)cc1C(=O)Nc1cc(C(F)(F)F)ccc1Cl. The standard InChI is InChI=1S/C15H10Cl2F3NO2/c1-23-13-5-3-9(16)7-10(13)14(22)21-12-6-8(15(18,19)20)2-4-11(12)17/h2-7H,1H3,(H,21,22). The number of hydrogen-bond acceptors (Lipinski definition) is 2. The molecule has 0 aliphatic carbocycles. The number of anilines is 1. The zero-order valence-electron chi connectivity index (χ0n) is 11.7. The Kier molecular flexibility index (Phi) is 5.06. The Bertz CT molecular complexity index is 748. The molecule has 1 N–H and O–H groups in total. The summed E-state index contributed by atoms with van der Waals surface area (Å²) in [6, 6.07) is 7.00. The van der Waals surface area contributed by atoms with Crippen molar-refractivity contribution in [3.63, 3.8) is 0 Å². The Hall–Kier alpha value is -1.92. The second kappa shape index (κ2) is 6.68. The van der Waals surface area contributed by atoms with E-state index in [-0.39, 0.29) is 27.0 Å². The van der Waals surface area contributed by atoms with Crippen LogP contribution >= 0.6 is 23.2 Å².